The molecule has 1 N–H and O–H groups in total. The Morgan fingerprint density at radius 3 is 2.52 bits per heavy atom. The molecule has 3 aromatic rings. The van der Waals surface area contributed by atoms with E-state index in [0.717, 1.165) is 4.57 Å². The van der Waals surface area contributed by atoms with Gasteiger partial charge < -0.3 is 5.32 Å². The Labute approximate surface area is 180 Å². The van der Waals surface area contributed by atoms with Crippen LogP contribution in [0.5, 0.6) is 0 Å². The molecule has 0 bridgehead atoms. The normalized spacial score (nSPS) is 20.0. The van der Waals surface area contributed by atoms with Crippen molar-refractivity contribution >= 4 is 38.4 Å². The van der Waals surface area contributed by atoms with Gasteiger partial charge in [-0.15, -0.1) is 0 Å². The van der Waals surface area contributed by atoms with Crippen LogP contribution >= 0.6 is 11.6 Å². The van der Waals surface area contributed by atoms with Crippen LogP contribution in [0.25, 0.3) is 11.2 Å². The number of halogens is 3. The van der Waals surface area contributed by atoms with Crippen LogP contribution in [0.3, 0.4) is 0 Å². The molecule has 1 saturated carbocycles. The van der Waals surface area contributed by atoms with Crippen molar-refractivity contribution in [1.29, 1.82) is 0 Å². The van der Waals surface area contributed by atoms with E-state index in [-0.39, 0.29) is 39.5 Å². The number of fused-ring (bicyclic) bond motifs is 1. The van der Waals surface area contributed by atoms with Gasteiger partial charge in [0.15, 0.2) is 21.3 Å². The van der Waals surface area contributed by atoms with E-state index in [0.29, 0.717) is 5.69 Å². The third-order valence-electron chi connectivity index (χ3n) is 5.27. The quantitative estimate of drug-likeness (QED) is 0.545. The molecule has 1 aliphatic rings. The van der Waals surface area contributed by atoms with Crippen molar-refractivity contribution in [3.8, 4) is 0 Å². The van der Waals surface area contributed by atoms with E-state index in [1.807, 2.05) is 0 Å². The molecule has 1 aliphatic carbocycles. The predicted octanol–water partition coefficient (Wildman–Crippen LogP) is 2.39. The maximum Gasteiger partial charge on any atom is 0.295 e. The van der Waals surface area contributed by atoms with Crippen LogP contribution in [0.1, 0.15) is 26.0 Å². The molecule has 0 radical (unpaired) electrons. The average Bonchev–Trinajstić information content (AvgIpc) is 3.24. The van der Waals surface area contributed by atoms with E-state index in [9.17, 15) is 22.0 Å². The topological polar surface area (TPSA) is 120 Å². The Morgan fingerprint density at radius 2 is 1.94 bits per heavy atom. The lowest BCUT2D eigenvalue weighted by Crippen LogP contribution is -2.35. The highest BCUT2D eigenvalue weighted by atomic mass is 35.5. The maximum atomic E-state index is 14.1. The second-order valence-electron chi connectivity index (χ2n) is 7.35. The Morgan fingerprint density at radius 1 is 1.23 bits per heavy atom. The average molecular weight is 471 g/mol. The van der Waals surface area contributed by atoms with Gasteiger partial charge in [-0.3, -0.25) is 14.3 Å². The molecule has 9 nitrogen and oxygen atoms in total. The molecular weight excluding hydrogens is 454 g/mol. The molecule has 13 heteroatoms. The number of pyridine rings is 1. The van der Waals surface area contributed by atoms with Crippen LogP contribution in [-0.4, -0.2) is 44.6 Å². The SMILES string of the molecule is CCS(=O)(=O)c1ccc(CNc2nc3cnc(Cl)nc3n(C3(C)CC3(F)F)c2=O)nc1. The van der Waals surface area contributed by atoms with Crippen molar-refractivity contribution in [2.24, 2.45) is 0 Å². The summed E-state index contributed by atoms with van der Waals surface area (Å²) in [6.07, 6.45) is 1.96. The van der Waals surface area contributed by atoms with Gasteiger partial charge in [-0.1, -0.05) is 6.92 Å². The molecule has 164 valence electrons. The number of rotatable bonds is 6. The first kappa shape index (κ1) is 21.5. The van der Waals surface area contributed by atoms with Crippen LogP contribution < -0.4 is 10.9 Å². The molecule has 4 rings (SSSR count). The summed E-state index contributed by atoms with van der Waals surface area (Å²) in [5.74, 6) is -3.32. The van der Waals surface area contributed by atoms with E-state index in [1.54, 1.807) is 0 Å². The molecular formula is C18H17ClF2N6O3S. The Balaban J connectivity index is 1.70. The molecule has 1 atom stereocenters. The fraction of sp³-hybridized carbons (Fsp3) is 0.389. The van der Waals surface area contributed by atoms with Gasteiger partial charge in [0.05, 0.1) is 29.1 Å². The lowest BCUT2D eigenvalue weighted by atomic mass is 10.3. The summed E-state index contributed by atoms with van der Waals surface area (Å²) in [5, 5.41) is 2.59. The van der Waals surface area contributed by atoms with Gasteiger partial charge in [-0.25, -0.2) is 27.2 Å². The third kappa shape index (κ3) is 3.63. The smallest absolute Gasteiger partial charge is 0.295 e. The molecule has 3 heterocycles. The Kier molecular flexibility index (Phi) is 4.97. The summed E-state index contributed by atoms with van der Waals surface area (Å²) < 4.78 is 52.8. The molecule has 1 unspecified atom stereocenters. The molecule has 31 heavy (non-hydrogen) atoms. The second-order valence-corrected chi connectivity index (χ2v) is 9.96. The van der Waals surface area contributed by atoms with Crippen LogP contribution in [0.4, 0.5) is 14.6 Å². The van der Waals surface area contributed by atoms with Gasteiger partial charge >= 0.3 is 0 Å². The number of nitrogens with one attached hydrogen (secondary N) is 1. The second kappa shape index (κ2) is 7.16. The highest BCUT2D eigenvalue weighted by Gasteiger charge is 2.70. The van der Waals surface area contributed by atoms with Gasteiger partial charge in [0, 0.05) is 12.6 Å². The molecule has 0 amide bonds. The Hall–Kier alpha value is -2.73. The Bertz CT molecular complexity index is 1350. The first-order valence-corrected chi connectivity index (χ1v) is 11.3. The van der Waals surface area contributed by atoms with Gasteiger partial charge in [0.1, 0.15) is 11.1 Å². The van der Waals surface area contributed by atoms with Crippen molar-refractivity contribution < 1.29 is 17.2 Å². The largest absolute Gasteiger partial charge is 0.360 e. The zero-order chi connectivity index (χ0) is 22.6. The fourth-order valence-corrected chi connectivity index (χ4v) is 4.15. The van der Waals surface area contributed by atoms with E-state index >= 15 is 0 Å². The summed E-state index contributed by atoms with van der Waals surface area (Å²) in [6.45, 7) is 2.81. The first-order valence-electron chi connectivity index (χ1n) is 9.24. The minimum atomic E-state index is -3.39. The van der Waals surface area contributed by atoms with Gasteiger partial charge in [-0.2, -0.15) is 4.98 Å². The standard InChI is InChI=1S/C18H17ClF2N6O3S/c1-3-31(29,30)11-5-4-10(22-7-11)6-23-13-15(28)27(17(2)9-18(17,20)21)14-12(25-13)8-24-16(19)26-14/h4-5,7-8H,3,6,9H2,1-2H3,(H,23,25). The summed E-state index contributed by atoms with van der Waals surface area (Å²) in [7, 11) is -3.39. The van der Waals surface area contributed by atoms with Crippen LogP contribution in [-0.2, 0) is 21.9 Å². The first-order chi connectivity index (χ1) is 14.5. The molecule has 0 saturated heterocycles. The number of nitrogens with zero attached hydrogens (tertiary/aromatic N) is 5. The molecule has 3 aromatic heterocycles. The van der Waals surface area contributed by atoms with Crippen molar-refractivity contribution in [2.75, 3.05) is 11.1 Å². The van der Waals surface area contributed by atoms with Crippen LogP contribution in [0.15, 0.2) is 34.2 Å². The lowest BCUT2D eigenvalue weighted by Gasteiger charge is -2.18. The number of hydrogen-bond acceptors (Lipinski definition) is 8. The fourth-order valence-electron chi connectivity index (χ4n) is 3.20. The highest BCUT2D eigenvalue weighted by Crippen LogP contribution is 2.58. The van der Waals surface area contributed by atoms with Crippen molar-refractivity contribution in [3.63, 3.8) is 0 Å². The van der Waals surface area contributed by atoms with Crippen molar-refractivity contribution in [3.05, 3.63) is 45.9 Å². The number of aromatic nitrogens is 5. The third-order valence-corrected chi connectivity index (χ3v) is 7.17. The predicted molar refractivity (Wildman–Crippen MR) is 109 cm³/mol. The number of anilines is 1. The van der Waals surface area contributed by atoms with Gasteiger partial charge in [0.2, 0.25) is 5.28 Å². The van der Waals surface area contributed by atoms with Crippen LogP contribution in [0, 0.1) is 0 Å². The zero-order valence-corrected chi connectivity index (χ0v) is 18.0. The zero-order valence-electron chi connectivity index (χ0n) is 16.4. The molecule has 0 aliphatic heterocycles. The van der Waals surface area contributed by atoms with Gasteiger partial charge in [0.25, 0.3) is 11.5 Å². The van der Waals surface area contributed by atoms with E-state index in [4.69, 9.17) is 11.6 Å². The molecule has 0 aromatic carbocycles. The van der Waals surface area contributed by atoms with Crippen molar-refractivity contribution in [1.82, 2.24) is 24.5 Å². The minimum absolute atomic E-state index is 0.0156. The number of sulfone groups is 1. The van der Waals surface area contributed by atoms with Crippen LogP contribution in [0.2, 0.25) is 5.28 Å². The lowest BCUT2D eigenvalue weighted by molar-refractivity contribution is 0.0733. The van der Waals surface area contributed by atoms with Gasteiger partial charge in [-0.05, 0) is 30.7 Å². The number of hydrogen-bond donors (Lipinski definition) is 1. The number of alkyl halides is 2. The minimum Gasteiger partial charge on any atom is -0.360 e. The summed E-state index contributed by atoms with van der Waals surface area (Å²) >= 11 is 5.80. The van der Waals surface area contributed by atoms with E-state index < -0.39 is 33.3 Å². The highest BCUT2D eigenvalue weighted by molar-refractivity contribution is 7.91. The van der Waals surface area contributed by atoms with E-state index in [2.05, 4.69) is 25.3 Å². The van der Waals surface area contributed by atoms with E-state index in [1.165, 1.54) is 38.4 Å². The molecule has 0 spiro atoms. The molecule has 1 fully saturated rings. The summed E-state index contributed by atoms with van der Waals surface area (Å²) in [5.41, 5.74) is -2.08. The monoisotopic (exact) mass is 470 g/mol. The summed E-state index contributed by atoms with van der Waals surface area (Å²) in [4.78, 5) is 29.1. The maximum absolute atomic E-state index is 14.1. The summed E-state index contributed by atoms with van der Waals surface area (Å²) in [6, 6.07) is 2.91. The van der Waals surface area contributed by atoms with Crippen molar-refractivity contribution in [2.45, 2.75) is 43.2 Å².